The van der Waals surface area contributed by atoms with Crippen molar-refractivity contribution in [2.75, 3.05) is 11.9 Å². The molecule has 1 N–H and O–H groups in total. The first kappa shape index (κ1) is 16.3. The normalized spacial score (nSPS) is 14.8. The molecule has 0 radical (unpaired) electrons. The third-order valence-electron chi connectivity index (χ3n) is 4.27. The molecule has 1 heterocycles. The molecular weight excluding hydrogens is 300 g/mol. The van der Waals surface area contributed by atoms with Crippen molar-refractivity contribution in [3.63, 3.8) is 0 Å². The summed E-state index contributed by atoms with van der Waals surface area (Å²) >= 11 is 0. The predicted octanol–water partition coefficient (Wildman–Crippen LogP) is 4.16. The number of nitrogens with one attached hydrogen (secondary N) is 1. The lowest BCUT2D eigenvalue weighted by molar-refractivity contribution is 0.313. The minimum Gasteiger partial charge on any atom is -0.464 e. The summed E-state index contributed by atoms with van der Waals surface area (Å²) in [7, 11) is 0. The van der Waals surface area contributed by atoms with Crippen molar-refractivity contribution < 1.29 is 4.74 Å². The maximum absolute atomic E-state index is 9.70. The summed E-state index contributed by atoms with van der Waals surface area (Å²) in [5.74, 6) is 0.585. The minimum atomic E-state index is 0.314. The van der Waals surface area contributed by atoms with Crippen LogP contribution in [0, 0.1) is 11.3 Å². The molecule has 0 aliphatic heterocycles. The number of benzene rings is 1. The Balaban J connectivity index is 2.02. The van der Waals surface area contributed by atoms with Gasteiger partial charge in [0.05, 0.1) is 12.3 Å². The highest BCUT2D eigenvalue weighted by molar-refractivity contribution is 5.73. The van der Waals surface area contributed by atoms with E-state index in [0.29, 0.717) is 35.7 Å². The molecule has 1 aliphatic carbocycles. The van der Waals surface area contributed by atoms with Gasteiger partial charge in [-0.25, -0.2) is 0 Å². The van der Waals surface area contributed by atoms with E-state index in [1.54, 1.807) is 0 Å². The van der Waals surface area contributed by atoms with Gasteiger partial charge in [-0.3, -0.25) is 0 Å². The average Bonchev–Trinajstić information content (AvgIpc) is 2.63. The zero-order valence-corrected chi connectivity index (χ0v) is 14.0. The van der Waals surface area contributed by atoms with Gasteiger partial charge in [0, 0.05) is 11.6 Å². The number of aromatic nitrogens is 2. The fourth-order valence-corrected chi connectivity index (χ4v) is 3.09. The second-order valence-corrected chi connectivity index (χ2v) is 5.97. The van der Waals surface area contributed by atoms with Crippen LogP contribution >= 0.6 is 0 Å². The highest BCUT2D eigenvalue weighted by Gasteiger charge is 2.20. The van der Waals surface area contributed by atoms with Gasteiger partial charge in [-0.2, -0.15) is 15.2 Å². The Morgan fingerprint density at radius 2 is 1.92 bits per heavy atom. The number of nitrogens with zero attached hydrogens (tertiary/aromatic N) is 3. The van der Waals surface area contributed by atoms with Crippen molar-refractivity contribution in [1.29, 1.82) is 5.26 Å². The van der Waals surface area contributed by atoms with E-state index in [9.17, 15) is 5.26 Å². The number of anilines is 1. The monoisotopic (exact) mass is 322 g/mol. The van der Waals surface area contributed by atoms with Crippen LogP contribution < -0.4 is 10.1 Å². The van der Waals surface area contributed by atoms with E-state index in [4.69, 9.17) is 4.74 Å². The predicted molar refractivity (Wildman–Crippen MR) is 93.8 cm³/mol. The molecule has 0 amide bonds. The molecule has 0 saturated heterocycles. The molecule has 124 valence electrons. The van der Waals surface area contributed by atoms with Gasteiger partial charge in [0.15, 0.2) is 5.82 Å². The fourth-order valence-electron chi connectivity index (χ4n) is 3.09. The molecule has 1 aliphatic rings. The maximum Gasteiger partial charge on any atom is 0.318 e. The van der Waals surface area contributed by atoms with Gasteiger partial charge < -0.3 is 10.1 Å². The van der Waals surface area contributed by atoms with Crippen LogP contribution in [-0.2, 0) is 0 Å². The van der Waals surface area contributed by atoms with E-state index in [1.807, 2.05) is 37.3 Å². The van der Waals surface area contributed by atoms with E-state index in [0.717, 1.165) is 18.4 Å². The Morgan fingerprint density at radius 1 is 1.17 bits per heavy atom. The quantitative estimate of drug-likeness (QED) is 0.895. The fraction of sp³-hybridized carbons (Fsp3) is 0.421. The molecule has 0 unspecified atom stereocenters. The van der Waals surface area contributed by atoms with Gasteiger partial charge >= 0.3 is 6.01 Å². The second kappa shape index (κ2) is 7.78. The summed E-state index contributed by atoms with van der Waals surface area (Å²) in [6.45, 7) is 2.39. The van der Waals surface area contributed by atoms with E-state index >= 15 is 0 Å². The Bertz CT molecular complexity index is 718. The first-order chi connectivity index (χ1) is 11.8. The third kappa shape index (κ3) is 3.65. The zero-order chi connectivity index (χ0) is 16.8. The summed E-state index contributed by atoms with van der Waals surface area (Å²) in [6, 6.07) is 12.7. The second-order valence-electron chi connectivity index (χ2n) is 5.97. The van der Waals surface area contributed by atoms with Crippen LogP contribution in [0.3, 0.4) is 0 Å². The zero-order valence-electron chi connectivity index (χ0n) is 14.0. The van der Waals surface area contributed by atoms with Crippen LogP contribution in [0.5, 0.6) is 6.01 Å². The van der Waals surface area contributed by atoms with Crippen molar-refractivity contribution in [3.05, 3.63) is 35.9 Å². The van der Waals surface area contributed by atoms with Gasteiger partial charge in [-0.05, 0) is 19.8 Å². The van der Waals surface area contributed by atoms with Crippen molar-refractivity contribution in [2.24, 2.45) is 0 Å². The van der Waals surface area contributed by atoms with Crippen molar-refractivity contribution >= 4 is 5.82 Å². The molecule has 24 heavy (non-hydrogen) atoms. The average molecular weight is 322 g/mol. The maximum atomic E-state index is 9.70. The molecule has 1 fully saturated rings. The van der Waals surface area contributed by atoms with Gasteiger partial charge in [0.1, 0.15) is 11.6 Å². The number of rotatable bonds is 5. The Hall–Kier alpha value is -2.61. The minimum absolute atomic E-state index is 0.314. The van der Waals surface area contributed by atoms with Crippen molar-refractivity contribution in [3.8, 4) is 23.3 Å². The van der Waals surface area contributed by atoms with Crippen LogP contribution in [0.1, 0.15) is 44.6 Å². The molecule has 1 aromatic carbocycles. The van der Waals surface area contributed by atoms with Gasteiger partial charge in [-0.1, -0.05) is 49.6 Å². The first-order valence-electron chi connectivity index (χ1n) is 8.58. The van der Waals surface area contributed by atoms with Gasteiger partial charge in [0.25, 0.3) is 0 Å². The molecule has 0 spiro atoms. The summed E-state index contributed by atoms with van der Waals surface area (Å²) in [5, 5.41) is 13.2. The van der Waals surface area contributed by atoms with Gasteiger partial charge in [0.2, 0.25) is 0 Å². The number of ether oxygens (including phenoxy) is 1. The summed E-state index contributed by atoms with van der Waals surface area (Å²) in [5.41, 5.74) is 1.99. The highest BCUT2D eigenvalue weighted by atomic mass is 16.5. The van der Waals surface area contributed by atoms with Crippen LogP contribution in [0.15, 0.2) is 30.3 Å². The lowest BCUT2D eigenvalue weighted by Gasteiger charge is -2.24. The van der Waals surface area contributed by atoms with Crippen LogP contribution in [0.2, 0.25) is 0 Å². The first-order valence-corrected chi connectivity index (χ1v) is 8.58. The highest BCUT2D eigenvalue weighted by Crippen LogP contribution is 2.30. The Kier molecular flexibility index (Phi) is 5.27. The molecular formula is C19H22N4O. The molecule has 0 atom stereocenters. The van der Waals surface area contributed by atoms with Crippen LogP contribution in [0.25, 0.3) is 11.3 Å². The molecule has 0 bridgehead atoms. The number of hydrogen-bond donors (Lipinski definition) is 1. The molecule has 5 nitrogen and oxygen atoms in total. The molecule has 1 saturated carbocycles. The summed E-state index contributed by atoms with van der Waals surface area (Å²) < 4.78 is 5.53. The van der Waals surface area contributed by atoms with E-state index in [1.165, 1.54) is 19.3 Å². The number of nitriles is 1. The SMILES string of the molecule is CCOc1nc(NC2CCCCC2)c(C#N)c(-c2ccccc2)n1. The lowest BCUT2D eigenvalue weighted by atomic mass is 9.95. The third-order valence-corrected chi connectivity index (χ3v) is 4.27. The molecule has 2 aromatic rings. The van der Waals surface area contributed by atoms with Crippen LogP contribution in [-0.4, -0.2) is 22.6 Å². The molecule has 1 aromatic heterocycles. The topological polar surface area (TPSA) is 70.8 Å². The largest absolute Gasteiger partial charge is 0.464 e. The Labute approximate surface area is 142 Å². The number of hydrogen-bond acceptors (Lipinski definition) is 5. The van der Waals surface area contributed by atoms with Crippen molar-refractivity contribution in [2.45, 2.75) is 45.1 Å². The standard InChI is InChI=1S/C19H22N4O/c1-2-24-19-22-17(14-9-5-3-6-10-14)16(13-20)18(23-19)21-15-11-7-4-8-12-15/h3,5-6,9-10,15H,2,4,7-8,11-12H2,1H3,(H,21,22,23). The smallest absolute Gasteiger partial charge is 0.318 e. The van der Waals surface area contributed by atoms with Gasteiger partial charge in [-0.15, -0.1) is 0 Å². The molecule has 3 rings (SSSR count). The van der Waals surface area contributed by atoms with Crippen LogP contribution in [0.4, 0.5) is 5.82 Å². The van der Waals surface area contributed by atoms with E-state index in [-0.39, 0.29) is 0 Å². The lowest BCUT2D eigenvalue weighted by Crippen LogP contribution is -2.24. The summed E-state index contributed by atoms with van der Waals surface area (Å²) in [6.07, 6.45) is 5.94. The van der Waals surface area contributed by atoms with E-state index in [2.05, 4.69) is 21.4 Å². The molecule has 5 heteroatoms. The van der Waals surface area contributed by atoms with E-state index < -0.39 is 0 Å². The summed E-state index contributed by atoms with van der Waals surface area (Å²) in [4.78, 5) is 8.91. The van der Waals surface area contributed by atoms with Crippen molar-refractivity contribution in [1.82, 2.24) is 9.97 Å². The Morgan fingerprint density at radius 3 is 2.58 bits per heavy atom.